The number of nitrogens with one attached hydrogen (secondary N) is 1. The average molecular weight is 319 g/mol. The molecule has 2 aromatic rings. The van der Waals surface area contributed by atoms with E-state index < -0.39 is 17.9 Å². The minimum absolute atomic E-state index is 0.166. The number of aryl methyl sites for hydroxylation is 1. The van der Waals surface area contributed by atoms with Crippen molar-refractivity contribution in [2.24, 2.45) is 0 Å². The maximum atomic E-state index is 12.4. The van der Waals surface area contributed by atoms with Gasteiger partial charge < -0.3 is 19.7 Å². The fourth-order valence-corrected chi connectivity index (χ4v) is 2.00. The molecule has 1 aromatic carbocycles. The van der Waals surface area contributed by atoms with Crippen LogP contribution in [0.3, 0.4) is 0 Å². The van der Waals surface area contributed by atoms with Crippen molar-refractivity contribution in [3.05, 3.63) is 35.7 Å². The Morgan fingerprint density at radius 3 is 2.74 bits per heavy atom. The van der Waals surface area contributed by atoms with Gasteiger partial charge in [0.05, 0.1) is 11.1 Å². The number of hydrogen-bond donors (Lipinski definition) is 2. The number of carbonyl (C=O) groups is 2. The second-order valence-corrected chi connectivity index (χ2v) is 4.84. The number of methoxy groups -OCH3 is 1. The summed E-state index contributed by atoms with van der Waals surface area (Å²) in [6.45, 7) is 1.89. The summed E-state index contributed by atoms with van der Waals surface area (Å²) in [7, 11) is 1.47. The predicted octanol–water partition coefficient (Wildman–Crippen LogP) is 1.26. The number of aromatic nitrogens is 2. The van der Waals surface area contributed by atoms with Crippen molar-refractivity contribution >= 4 is 11.9 Å². The Morgan fingerprint density at radius 1 is 1.39 bits per heavy atom. The molecule has 0 radical (unpaired) electrons. The summed E-state index contributed by atoms with van der Waals surface area (Å²) in [5, 5.41) is 15.3. The molecule has 2 rings (SSSR count). The smallest absolute Gasteiger partial charge is 0.326 e. The van der Waals surface area contributed by atoms with Gasteiger partial charge in [0.2, 0.25) is 0 Å². The number of amides is 1. The van der Waals surface area contributed by atoms with Gasteiger partial charge in [-0.1, -0.05) is 17.3 Å². The van der Waals surface area contributed by atoms with Crippen LogP contribution in [0.15, 0.2) is 28.8 Å². The molecule has 0 aliphatic rings. The first kappa shape index (κ1) is 16.6. The van der Waals surface area contributed by atoms with Crippen LogP contribution in [0.1, 0.15) is 22.6 Å². The molecule has 2 N–H and O–H groups in total. The second kappa shape index (κ2) is 7.50. The molecule has 1 unspecified atom stereocenters. The minimum atomic E-state index is -1.12. The van der Waals surface area contributed by atoms with E-state index >= 15 is 0 Å². The van der Waals surface area contributed by atoms with Crippen molar-refractivity contribution < 1.29 is 24.0 Å². The van der Waals surface area contributed by atoms with E-state index in [2.05, 4.69) is 15.5 Å². The molecule has 0 saturated heterocycles. The molecular weight excluding hydrogens is 302 g/mol. The second-order valence-electron chi connectivity index (χ2n) is 4.84. The molecule has 8 nitrogen and oxygen atoms in total. The van der Waals surface area contributed by atoms with Crippen LogP contribution in [0.25, 0.3) is 11.5 Å². The standard InChI is InChI=1S/C15H17N3O5/c1-9-16-14(23-18-9)11-6-4-3-5-10(11)13(19)17-12(15(20)21)7-8-22-2/h3-6,12H,7-8H2,1-2H3,(H,17,19)(H,20,21). The van der Waals surface area contributed by atoms with Gasteiger partial charge in [0.1, 0.15) is 6.04 Å². The molecular formula is C15H17N3O5. The van der Waals surface area contributed by atoms with Crippen molar-refractivity contribution in [2.45, 2.75) is 19.4 Å². The Hall–Kier alpha value is -2.74. The lowest BCUT2D eigenvalue weighted by Crippen LogP contribution is -2.41. The highest BCUT2D eigenvalue weighted by atomic mass is 16.5. The van der Waals surface area contributed by atoms with Crippen molar-refractivity contribution in [3.8, 4) is 11.5 Å². The molecule has 23 heavy (non-hydrogen) atoms. The van der Waals surface area contributed by atoms with Crippen LogP contribution < -0.4 is 5.32 Å². The predicted molar refractivity (Wildman–Crippen MR) is 79.9 cm³/mol. The highest BCUT2D eigenvalue weighted by molar-refractivity contribution is 6.01. The van der Waals surface area contributed by atoms with Crippen molar-refractivity contribution in [1.29, 1.82) is 0 Å². The molecule has 1 heterocycles. The first-order valence-corrected chi connectivity index (χ1v) is 6.95. The number of aliphatic carboxylic acids is 1. The number of carboxylic acids is 1. The van der Waals surface area contributed by atoms with Gasteiger partial charge in [-0.05, 0) is 19.1 Å². The van der Waals surface area contributed by atoms with Gasteiger partial charge in [-0.3, -0.25) is 4.79 Å². The van der Waals surface area contributed by atoms with E-state index in [1.54, 1.807) is 31.2 Å². The van der Waals surface area contributed by atoms with Crippen molar-refractivity contribution in [1.82, 2.24) is 15.5 Å². The van der Waals surface area contributed by atoms with E-state index in [1.807, 2.05) is 0 Å². The molecule has 0 saturated carbocycles. The van der Waals surface area contributed by atoms with Crippen molar-refractivity contribution in [2.75, 3.05) is 13.7 Å². The van der Waals surface area contributed by atoms with Crippen LogP contribution in [-0.2, 0) is 9.53 Å². The highest BCUT2D eigenvalue weighted by Gasteiger charge is 2.23. The summed E-state index contributed by atoms with van der Waals surface area (Å²) in [6, 6.07) is 5.59. The molecule has 0 fully saturated rings. The van der Waals surface area contributed by atoms with Crippen LogP contribution in [0.4, 0.5) is 0 Å². The number of nitrogens with zero attached hydrogens (tertiary/aromatic N) is 2. The van der Waals surface area contributed by atoms with Gasteiger partial charge in [-0.2, -0.15) is 4.98 Å². The van der Waals surface area contributed by atoms with Gasteiger partial charge in [0.15, 0.2) is 5.82 Å². The molecule has 0 aliphatic heterocycles. The third-order valence-corrected chi connectivity index (χ3v) is 3.14. The van der Waals surface area contributed by atoms with E-state index in [4.69, 9.17) is 9.26 Å². The lowest BCUT2D eigenvalue weighted by Gasteiger charge is -2.15. The molecule has 0 aliphatic carbocycles. The highest BCUT2D eigenvalue weighted by Crippen LogP contribution is 2.22. The molecule has 0 spiro atoms. The number of carboxylic acid groups (broad SMARTS) is 1. The normalized spacial score (nSPS) is 11.9. The molecule has 0 bridgehead atoms. The summed E-state index contributed by atoms with van der Waals surface area (Å²) in [5.74, 6) is -1.00. The fourth-order valence-electron chi connectivity index (χ4n) is 2.00. The van der Waals surface area contributed by atoms with E-state index in [9.17, 15) is 14.7 Å². The van der Waals surface area contributed by atoms with Gasteiger partial charge >= 0.3 is 5.97 Å². The van der Waals surface area contributed by atoms with Crippen LogP contribution in [0.2, 0.25) is 0 Å². The largest absolute Gasteiger partial charge is 0.480 e. The zero-order valence-corrected chi connectivity index (χ0v) is 12.8. The Morgan fingerprint density at radius 2 is 2.13 bits per heavy atom. The van der Waals surface area contributed by atoms with Gasteiger partial charge in [-0.15, -0.1) is 0 Å². The Kier molecular flexibility index (Phi) is 5.42. The zero-order chi connectivity index (χ0) is 16.8. The molecule has 8 heteroatoms. The topological polar surface area (TPSA) is 115 Å². The minimum Gasteiger partial charge on any atom is -0.480 e. The van der Waals surface area contributed by atoms with Gasteiger partial charge in [0, 0.05) is 20.1 Å². The maximum absolute atomic E-state index is 12.4. The van der Waals surface area contributed by atoms with Crippen LogP contribution in [0.5, 0.6) is 0 Å². The van der Waals surface area contributed by atoms with Gasteiger partial charge in [-0.25, -0.2) is 4.79 Å². The summed E-state index contributed by atoms with van der Waals surface area (Å²) in [6.07, 6.45) is 0.166. The number of hydrogen-bond acceptors (Lipinski definition) is 6. The summed E-state index contributed by atoms with van der Waals surface area (Å²) >= 11 is 0. The average Bonchev–Trinajstić information content (AvgIpc) is 2.97. The maximum Gasteiger partial charge on any atom is 0.326 e. The fraction of sp³-hybridized carbons (Fsp3) is 0.333. The van der Waals surface area contributed by atoms with E-state index in [0.29, 0.717) is 11.4 Å². The molecule has 122 valence electrons. The number of ether oxygens (including phenoxy) is 1. The lowest BCUT2D eigenvalue weighted by atomic mass is 10.1. The molecule has 1 atom stereocenters. The third kappa shape index (κ3) is 4.13. The third-order valence-electron chi connectivity index (χ3n) is 3.14. The first-order valence-electron chi connectivity index (χ1n) is 6.95. The first-order chi connectivity index (χ1) is 11.0. The Balaban J connectivity index is 2.24. The van der Waals surface area contributed by atoms with Crippen molar-refractivity contribution in [3.63, 3.8) is 0 Å². The molecule has 1 aromatic heterocycles. The van der Waals surface area contributed by atoms with Crippen LogP contribution in [0, 0.1) is 6.92 Å². The van der Waals surface area contributed by atoms with Gasteiger partial charge in [0.25, 0.3) is 11.8 Å². The Labute approximate surface area is 132 Å². The summed E-state index contributed by atoms with van der Waals surface area (Å²) < 4.78 is 9.94. The molecule has 1 amide bonds. The summed E-state index contributed by atoms with van der Waals surface area (Å²) in [5.41, 5.74) is 0.710. The quantitative estimate of drug-likeness (QED) is 0.789. The monoisotopic (exact) mass is 319 g/mol. The lowest BCUT2D eigenvalue weighted by molar-refractivity contribution is -0.139. The van der Waals surface area contributed by atoms with Crippen LogP contribution in [-0.4, -0.2) is 46.9 Å². The van der Waals surface area contributed by atoms with E-state index in [0.717, 1.165) is 0 Å². The Bertz CT molecular complexity index is 698. The SMILES string of the molecule is COCCC(NC(=O)c1ccccc1-c1nc(C)no1)C(=O)O. The van der Waals surface area contributed by atoms with E-state index in [-0.39, 0.29) is 24.5 Å². The summed E-state index contributed by atoms with van der Waals surface area (Å²) in [4.78, 5) is 27.7. The number of rotatable bonds is 7. The van der Waals surface area contributed by atoms with Crippen LogP contribution >= 0.6 is 0 Å². The zero-order valence-electron chi connectivity index (χ0n) is 12.8. The number of benzene rings is 1. The number of carbonyl (C=O) groups excluding carboxylic acids is 1. The van der Waals surface area contributed by atoms with E-state index in [1.165, 1.54) is 7.11 Å².